The van der Waals surface area contributed by atoms with Gasteiger partial charge in [-0.05, 0) is 47.4 Å². The fourth-order valence-electron chi connectivity index (χ4n) is 2.23. The second-order valence-electron chi connectivity index (χ2n) is 5.44. The Labute approximate surface area is 157 Å². The summed E-state index contributed by atoms with van der Waals surface area (Å²) in [5, 5.41) is 16.6. The van der Waals surface area contributed by atoms with Gasteiger partial charge in [0.15, 0.2) is 0 Å². The quantitative estimate of drug-likeness (QED) is 0.626. The lowest BCUT2D eigenvalue weighted by Crippen LogP contribution is -2.24. The highest BCUT2D eigenvalue weighted by molar-refractivity contribution is 8.00. The first-order valence-corrected chi connectivity index (χ1v) is 9.42. The largest absolute Gasteiger partial charge is 0.366 e. The fourth-order valence-corrected chi connectivity index (χ4v) is 3.83. The van der Waals surface area contributed by atoms with E-state index in [2.05, 4.69) is 20.8 Å². The number of thiophene rings is 1. The molecule has 3 rings (SSSR count). The van der Waals surface area contributed by atoms with E-state index >= 15 is 0 Å². The van der Waals surface area contributed by atoms with Crippen LogP contribution in [0.3, 0.4) is 0 Å². The van der Waals surface area contributed by atoms with Gasteiger partial charge in [0, 0.05) is 0 Å². The molecule has 10 heteroatoms. The minimum absolute atomic E-state index is 0.265. The van der Waals surface area contributed by atoms with Gasteiger partial charge in [-0.25, -0.2) is 0 Å². The van der Waals surface area contributed by atoms with E-state index in [4.69, 9.17) is 5.73 Å². The number of hydrogen-bond donors (Lipinski definition) is 2. The minimum Gasteiger partial charge on any atom is -0.366 e. The Bertz CT molecular complexity index is 952. The van der Waals surface area contributed by atoms with Gasteiger partial charge in [0.05, 0.1) is 16.5 Å². The molecule has 8 nitrogen and oxygen atoms in total. The average molecular weight is 388 g/mol. The summed E-state index contributed by atoms with van der Waals surface area (Å²) in [6, 6.07) is 9.29. The van der Waals surface area contributed by atoms with Gasteiger partial charge >= 0.3 is 0 Å². The molecule has 0 fully saturated rings. The Balaban J connectivity index is 1.75. The molecule has 1 atom stereocenters. The number of rotatable bonds is 6. The maximum absolute atomic E-state index is 12.5. The van der Waals surface area contributed by atoms with Crippen molar-refractivity contribution in [2.24, 2.45) is 5.73 Å². The fraction of sp³-hybridized carbons (Fsp3) is 0.188. The molecule has 3 aromatic rings. The number of hydrogen-bond acceptors (Lipinski definition) is 7. The van der Waals surface area contributed by atoms with E-state index in [0.29, 0.717) is 15.7 Å². The Kier molecular flexibility index (Phi) is 5.33. The molecule has 0 bridgehead atoms. The van der Waals surface area contributed by atoms with Crippen LogP contribution < -0.4 is 11.1 Å². The van der Waals surface area contributed by atoms with Crippen LogP contribution in [0.15, 0.2) is 40.9 Å². The molecule has 0 saturated carbocycles. The SMILES string of the molecule is Cc1ccccc1-n1nnnc1S[C@@H](C)C(=O)Nc1sccc1C(N)=O. The lowest BCUT2D eigenvalue weighted by atomic mass is 10.2. The van der Waals surface area contributed by atoms with Gasteiger partial charge < -0.3 is 11.1 Å². The van der Waals surface area contributed by atoms with Crippen molar-refractivity contribution in [2.45, 2.75) is 24.3 Å². The lowest BCUT2D eigenvalue weighted by molar-refractivity contribution is -0.115. The average Bonchev–Trinajstić information content (AvgIpc) is 3.24. The number of carbonyl (C=O) groups is 2. The summed E-state index contributed by atoms with van der Waals surface area (Å²) >= 11 is 2.47. The molecular formula is C16H16N6O2S2. The highest BCUT2D eigenvalue weighted by Gasteiger charge is 2.21. The third-order valence-electron chi connectivity index (χ3n) is 3.60. The zero-order valence-electron chi connectivity index (χ0n) is 14.0. The van der Waals surface area contributed by atoms with Crippen LogP contribution in [0.2, 0.25) is 0 Å². The number of amides is 2. The highest BCUT2D eigenvalue weighted by Crippen LogP contribution is 2.27. The van der Waals surface area contributed by atoms with Crippen LogP contribution in [0.25, 0.3) is 5.69 Å². The van der Waals surface area contributed by atoms with Gasteiger partial charge in [0.2, 0.25) is 11.1 Å². The predicted molar refractivity (Wildman–Crippen MR) is 101 cm³/mol. The van der Waals surface area contributed by atoms with Crippen molar-refractivity contribution in [3.05, 3.63) is 46.8 Å². The molecule has 0 saturated heterocycles. The van der Waals surface area contributed by atoms with Gasteiger partial charge in [0.25, 0.3) is 5.91 Å². The van der Waals surface area contributed by atoms with E-state index < -0.39 is 11.2 Å². The number of benzene rings is 1. The van der Waals surface area contributed by atoms with Crippen LogP contribution in [0, 0.1) is 6.92 Å². The van der Waals surface area contributed by atoms with Crippen molar-refractivity contribution in [2.75, 3.05) is 5.32 Å². The maximum Gasteiger partial charge on any atom is 0.251 e. The number of primary amides is 1. The molecule has 0 unspecified atom stereocenters. The number of anilines is 1. The molecule has 134 valence electrons. The molecule has 0 aliphatic heterocycles. The van der Waals surface area contributed by atoms with Gasteiger partial charge in [-0.1, -0.05) is 30.0 Å². The molecule has 2 aromatic heterocycles. The monoisotopic (exact) mass is 388 g/mol. The van der Waals surface area contributed by atoms with Crippen LogP contribution in [0.4, 0.5) is 5.00 Å². The number of aryl methyl sites for hydroxylation is 1. The number of carbonyl (C=O) groups excluding carboxylic acids is 2. The third-order valence-corrected chi connectivity index (χ3v) is 5.47. The van der Waals surface area contributed by atoms with Gasteiger partial charge in [-0.2, -0.15) is 4.68 Å². The molecule has 0 aliphatic rings. The van der Waals surface area contributed by atoms with Gasteiger partial charge in [-0.15, -0.1) is 16.4 Å². The van der Waals surface area contributed by atoms with Crippen LogP contribution in [0.5, 0.6) is 0 Å². The summed E-state index contributed by atoms with van der Waals surface area (Å²) < 4.78 is 1.60. The van der Waals surface area contributed by atoms with E-state index in [1.807, 2.05) is 31.2 Å². The standard InChI is InChI=1S/C16H16N6O2S2/c1-9-5-3-4-6-12(9)22-16(19-20-21-22)26-10(2)14(24)18-15-11(13(17)23)7-8-25-15/h3-8,10H,1-2H3,(H2,17,23)(H,18,24)/t10-/m0/s1. The summed E-state index contributed by atoms with van der Waals surface area (Å²) in [5.41, 5.74) is 7.46. The molecule has 2 amide bonds. The first-order valence-electron chi connectivity index (χ1n) is 7.66. The second-order valence-corrected chi connectivity index (χ2v) is 7.66. The second kappa shape index (κ2) is 7.67. The summed E-state index contributed by atoms with van der Waals surface area (Å²) in [6.45, 7) is 3.71. The molecule has 0 aliphatic carbocycles. The molecule has 0 spiro atoms. The molecule has 26 heavy (non-hydrogen) atoms. The first kappa shape index (κ1) is 18.1. The Hall–Kier alpha value is -2.72. The Morgan fingerprint density at radius 1 is 1.31 bits per heavy atom. The topological polar surface area (TPSA) is 116 Å². The zero-order valence-corrected chi connectivity index (χ0v) is 15.7. The molecule has 2 heterocycles. The van der Waals surface area contributed by atoms with Gasteiger partial charge in [-0.3, -0.25) is 9.59 Å². The van der Waals surface area contributed by atoms with Crippen LogP contribution in [-0.2, 0) is 4.79 Å². The number of nitrogens with two attached hydrogens (primary N) is 1. The van der Waals surface area contributed by atoms with Crippen LogP contribution in [-0.4, -0.2) is 37.3 Å². The third kappa shape index (κ3) is 3.75. The molecular weight excluding hydrogens is 372 g/mol. The highest BCUT2D eigenvalue weighted by atomic mass is 32.2. The smallest absolute Gasteiger partial charge is 0.251 e. The normalized spacial score (nSPS) is 11.9. The van der Waals surface area contributed by atoms with Crippen molar-refractivity contribution in [1.82, 2.24) is 20.2 Å². The number of aromatic nitrogens is 4. The van der Waals surface area contributed by atoms with Crippen molar-refractivity contribution in [3.63, 3.8) is 0 Å². The number of thioether (sulfide) groups is 1. The van der Waals surface area contributed by atoms with E-state index in [9.17, 15) is 9.59 Å². The predicted octanol–water partition coefficient (Wildman–Crippen LogP) is 2.25. The van der Waals surface area contributed by atoms with E-state index in [-0.39, 0.29) is 5.91 Å². The number of tetrazole rings is 1. The summed E-state index contributed by atoms with van der Waals surface area (Å²) in [4.78, 5) is 23.8. The number of nitrogens with zero attached hydrogens (tertiary/aromatic N) is 4. The van der Waals surface area contributed by atoms with E-state index in [1.165, 1.54) is 23.1 Å². The van der Waals surface area contributed by atoms with Crippen LogP contribution >= 0.6 is 23.1 Å². The van der Waals surface area contributed by atoms with Crippen molar-refractivity contribution < 1.29 is 9.59 Å². The summed E-state index contributed by atoms with van der Waals surface area (Å²) in [5.74, 6) is -0.843. The van der Waals surface area contributed by atoms with E-state index in [0.717, 1.165) is 11.3 Å². The maximum atomic E-state index is 12.5. The summed E-state index contributed by atoms with van der Waals surface area (Å²) in [7, 11) is 0. The Morgan fingerprint density at radius 2 is 2.08 bits per heavy atom. The summed E-state index contributed by atoms with van der Waals surface area (Å²) in [6.07, 6.45) is 0. The van der Waals surface area contributed by atoms with Crippen molar-refractivity contribution in [1.29, 1.82) is 0 Å². The molecule has 3 N–H and O–H groups in total. The molecule has 1 aromatic carbocycles. The van der Waals surface area contributed by atoms with E-state index in [1.54, 1.807) is 23.1 Å². The van der Waals surface area contributed by atoms with Crippen molar-refractivity contribution in [3.8, 4) is 5.69 Å². The Morgan fingerprint density at radius 3 is 2.81 bits per heavy atom. The lowest BCUT2D eigenvalue weighted by Gasteiger charge is -2.12. The molecule has 0 radical (unpaired) electrons. The van der Waals surface area contributed by atoms with Crippen LogP contribution in [0.1, 0.15) is 22.8 Å². The minimum atomic E-state index is -0.578. The van der Waals surface area contributed by atoms with Crippen molar-refractivity contribution >= 4 is 39.9 Å². The first-order chi connectivity index (χ1) is 12.5. The zero-order chi connectivity index (χ0) is 18.7. The van der Waals surface area contributed by atoms with Gasteiger partial charge in [0.1, 0.15) is 5.00 Å². The number of para-hydroxylation sites is 1. The number of nitrogens with one attached hydrogen (secondary N) is 1.